The summed E-state index contributed by atoms with van der Waals surface area (Å²) >= 11 is 5.89. The van der Waals surface area contributed by atoms with Crippen LogP contribution in [0.25, 0.3) is 11.4 Å². The van der Waals surface area contributed by atoms with Gasteiger partial charge in [-0.25, -0.2) is 14.4 Å². The van der Waals surface area contributed by atoms with E-state index in [0.29, 0.717) is 17.6 Å². The number of nitrogens with zero attached hydrogens (tertiary/aromatic N) is 2. The van der Waals surface area contributed by atoms with E-state index >= 15 is 0 Å². The molecule has 0 saturated heterocycles. The van der Waals surface area contributed by atoms with Crippen LogP contribution >= 0.6 is 11.6 Å². The van der Waals surface area contributed by atoms with Gasteiger partial charge in [-0.3, -0.25) is 0 Å². The second-order valence-electron chi connectivity index (χ2n) is 4.52. The number of alkyl halides is 1. The fourth-order valence-electron chi connectivity index (χ4n) is 1.97. The Kier molecular flexibility index (Phi) is 3.00. The minimum absolute atomic E-state index is 0.251. The van der Waals surface area contributed by atoms with Crippen LogP contribution in [0.4, 0.5) is 4.39 Å². The van der Waals surface area contributed by atoms with E-state index in [1.54, 1.807) is 18.3 Å². The van der Waals surface area contributed by atoms with Gasteiger partial charge in [0.05, 0.1) is 11.6 Å². The van der Waals surface area contributed by atoms with Crippen molar-refractivity contribution in [2.45, 2.75) is 24.6 Å². The molecule has 1 aromatic heterocycles. The van der Waals surface area contributed by atoms with Crippen LogP contribution in [-0.2, 0) is 5.88 Å². The van der Waals surface area contributed by atoms with Gasteiger partial charge in [0.1, 0.15) is 5.82 Å². The summed E-state index contributed by atoms with van der Waals surface area (Å²) in [6, 6.07) is 6.24. The van der Waals surface area contributed by atoms with Crippen molar-refractivity contribution in [3.05, 3.63) is 47.5 Å². The third kappa shape index (κ3) is 2.23. The van der Waals surface area contributed by atoms with Crippen LogP contribution in [0, 0.1) is 5.82 Å². The number of aromatic nitrogens is 2. The highest BCUT2D eigenvalue weighted by atomic mass is 35.5. The Morgan fingerprint density at radius 1 is 1.22 bits per heavy atom. The van der Waals surface area contributed by atoms with Crippen LogP contribution in [-0.4, -0.2) is 9.97 Å². The van der Waals surface area contributed by atoms with Crippen LogP contribution < -0.4 is 0 Å². The van der Waals surface area contributed by atoms with Gasteiger partial charge >= 0.3 is 0 Å². The molecule has 18 heavy (non-hydrogen) atoms. The predicted molar refractivity (Wildman–Crippen MR) is 69.0 cm³/mol. The summed E-state index contributed by atoms with van der Waals surface area (Å²) in [5.74, 6) is 1.36. The Bertz CT molecular complexity index is 565. The molecule has 3 rings (SSSR count). The average Bonchev–Trinajstić information content (AvgIpc) is 3.23. The molecule has 4 heteroatoms. The largest absolute Gasteiger partial charge is 0.236 e. The van der Waals surface area contributed by atoms with E-state index in [-0.39, 0.29) is 5.82 Å². The molecule has 1 aliphatic rings. The van der Waals surface area contributed by atoms with E-state index < -0.39 is 0 Å². The van der Waals surface area contributed by atoms with Gasteiger partial charge in [0.25, 0.3) is 0 Å². The fourth-order valence-corrected chi connectivity index (χ4v) is 2.18. The quantitative estimate of drug-likeness (QED) is 0.784. The van der Waals surface area contributed by atoms with Crippen LogP contribution in [0.5, 0.6) is 0 Å². The molecule has 0 bridgehead atoms. The van der Waals surface area contributed by atoms with Crippen molar-refractivity contribution in [2.24, 2.45) is 0 Å². The van der Waals surface area contributed by atoms with Crippen molar-refractivity contribution in [1.29, 1.82) is 0 Å². The molecule has 0 spiro atoms. The molecule has 92 valence electrons. The monoisotopic (exact) mass is 262 g/mol. The topological polar surface area (TPSA) is 25.8 Å². The summed E-state index contributed by atoms with van der Waals surface area (Å²) < 4.78 is 12.9. The average molecular weight is 263 g/mol. The molecule has 2 nitrogen and oxygen atoms in total. The zero-order chi connectivity index (χ0) is 12.5. The second kappa shape index (κ2) is 4.65. The molecule has 0 N–H and O–H groups in total. The summed E-state index contributed by atoms with van der Waals surface area (Å²) in [7, 11) is 0. The highest BCUT2D eigenvalue weighted by Gasteiger charge is 2.28. The van der Waals surface area contributed by atoms with Crippen LogP contribution in [0.1, 0.15) is 30.0 Å². The third-order valence-corrected chi connectivity index (χ3v) is 3.40. The maximum atomic E-state index is 12.9. The molecule has 1 aliphatic carbocycles. The Hall–Kier alpha value is -1.48. The minimum atomic E-state index is -0.251. The summed E-state index contributed by atoms with van der Waals surface area (Å²) in [6.07, 6.45) is 4.12. The van der Waals surface area contributed by atoms with Gasteiger partial charge in [-0.1, -0.05) is 0 Å². The van der Waals surface area contributed by atoms with Crippen molar-refractivity contribution in [3.8, 4) is 11.4 Å². The van der Waals surface area contributed by atoms with Gasteiger partial charge in [0, 0.05) is 23.2 Å². The van der Waals surface area contributed by atoms with E-state index in [1.807, 2.05) is 0 Å². The molecule has 1 fully saturated rings. The molecule has 0 radical (unpaired) electrons. The van der Waals surface area contributed by atoms with Crippen molar-refractivity contribution >= 4 is 11.6 Å². The van der Waals surface area contributed by atoms with E-state index in [9.17, 15) is 4.39 Å². The lowest BCUT2D eigenvalue weighted by molar-refractivity contribution is 0.628. The standard InChI is InChI=1S/C14H12ClFN2/c15-7-11-8-17-14(18-13(11)9-1-2-9)10-3-5-12(16)6-4-10/h3-6,8-9H,1-2,7H2. The van der Waals surface area contributed by atoms with Gasteiger partial charge in [-0.15, -0.1) is 11.6 Å². The first kappa shape index (κ1) is 11.6. The number of rotatable bonds is 3. The first-order chi connectivity index (χ1) is 8.78. The molecule has 0 atom stereocenters. The Morgan fingerprint density at radius 3 is 2.56 bits per heavy atom. The van der Waals surface area contributed by atoms with Gasteiger partial charge in [0.2, 0.25) is 0 Å². The van der Waals surface area contributed by atoms with Gasteiger partial charge in [-0.2, -0.15) is 0 Å². The van der Waals surface area contributed by atoms with Crippen molar-refractivity contribution in [3.63, 3.8) is 0 Å². The van der Waals surface area contributed by atoms with Crippen molar-refractivity contribution in [2.75, 3.05) is 0 Å². The van der Waals surface area contributed by atoms with Gasteiger partial charge < -0.3 is 0 Å². The maximum absolute atomic E-state index is 12.9. The highest BCUT2D eigenvalue weighted by molar-refractivity contribution is 6.17. The van der Waals surface area contributed by atoms with Gasteiger partial charge in [0.15, 0.2) is 5.82 Å². The maximum Gasteiger partial charge on any atom is 0.159 e. The van der Waals surface area contributed by atoms with Crippen molar-refractivity contribution in [1.82, 2.24) is 9.97 Å². The highest BCUT2D eigenvalue weighted by Crippen LogP contribution is 2.41. The van der Waals surface area contributed by atoms with Crippen LogP contribution in [0.15, 0.2) is 30.5 Å². The lowest BCUT2D eigenvalue weighted by Gasteiger charge is -2.07. The second-order valence-corrected chi connectivity index (χ2v) is 4.79. The zero-order valence-corrected chi connectivity index (χ0v) is 10.5. The number of hydrogen-bond donors (Lipinski definition) is 0. The summed E-state index contributed by atoms with van der Waals surface area (Å²) in [6.45, 7) is 0. The van der Waals surface area contributed by atoms with Crippen molar-refractivity contribution < 1.29 is 4.39 Å². The smallest absolute Gasteiger partial charge is 0.159 e. The summed E-state index contributed by atoms with van der Waals surface area (Å²) in [4.78, 5) is 8.89. The molecular formula is C14H12ClFN2. The Balaban J connectivity index is 2.02. The lowest BCUT2D eigenvalue weighted by Crippen LogP contribution is -1.99. The molecular weight excluding hydrogens is 251 g/mol. The molecule has 0 unspecified atom stereocenters. The Labute approximate surface area is 110 Å². The van der Waals surface area contributed by atoms with E-state index in [4.69, 9.17) is 11.6 Å². The number of halogens is 2. The molecule has 0 amide bonds. The van der Waals surface area contributed by atoms with E-state index in [1.165, 1.54) is 25.0 Å². The fraction of sp³-hybridized carbons (Fsp3) is 0.286. The first-order valence-electron chi connectivity index (χ1n) is 5.95. The molecule has 1 saturated carbocycles. The lowest BCUT2D eigenvalue weighted by atomic mass is 10.1. The number of benzene rings is 1. The summed E-state index contributed by atoms with van der Waals surface area (Å²) in [5, 5.41) is 0. The SMILES string of the molecule is Fc1ccc(-c2ncc(CCl)c(C3CC3)n2)cc1. The molecule has 1 aromatic carbocycles. The van der Waals surface area contributed by atoms with Crippen LogP contribution in [0.3, 0.4) is 0 Å². The van der Waals surface area contributed by atoms with Crippen LogP contribution in [0.2, 0.25) is 0 Å². The van der Waals surface area contributed by atoms with E-state index in [2.05, 4.69) is 9.97 Å². The summed E-state index contributed by atoms with van der Waals surface area (Å²) in [5.41, 5.74) is 2.89. The Morgan fingerprint density at radius 2 is 1.94 bits per heavy atom. The predicted octanol–water partition coefficient (Wildman–Crippen LogP) is 3.90. The zero-order valence-electron chi connectivity index (χ0n) is 9.74. The van der Waals surface area contributed by atoms with E-state index in [0.717, 1.165) is 16.8 Å². The normalized spacial score (nSPS) is 14.8. The van der Waals surface area contributed by atoms with Gasteiger partial charge in [-0.05, 0) is 37.1 Å². The molecule has 2 aromatic rings. The number of hydrogen-bond acceptors (Lipinski definition) is 2. The first-order valence-corrected chi connectivity index (χ1v) is 6.49. The molecule has 1 heterocycles. The molecule has 0 aliphatic heterocycles. The third-order valence-electron chi connectivity index (χ3n) is 3.11. The minimum Gasteiger partial charge on any atom is -0.236 e.